The fourth-order valence-corrected chi connectivity index (χ4v) is 2.12. The van der Waals surface area contributed by atoms with E-state index in [2.05, 4.69) is 31.5 Å². The lowest BCUT2D eigenvalue weighted by atomic mass is 10.3. The fourth-order valence-electron chi connectivity index (χ4n) is 1.58. The molecule has 1 atom stereocenters. The maximum atomic E-state index is 6.02. The Kier molecular flexibility index (Phi) is 7.16. The van der Waals surface area contributed by atoms with Crippen LogP contribution in [0.15, 0.2) is 29.2 Å². The van der Waals surface area contributed by atoms with Crippen LogP contribution in [0.3, 0.4) is 0 Å². The van der Waals surface area contributed by atoms with Crippen molar-refractivity contribution in [2.45, 2.75) is 30.9 Å². The Hall–Kier alpha value is -0.710. The Balaban J connectivity index is 2.63. The van der Waals surface area contributed by atoms with Crippen molar-refractivity contribution in [2.24, 2.45) is 0 Å². The second-order valence-electron chi connectivity index (χ2n) is 4.41. The maximum absolute atomic E-state index is 6.02. The van der Waals surface area contributed by atoms with Crippen LogP contribution in [0.5, 0.6) is 5.75 Å². The quantitative estimate of drug-likeness (QED) is 0.735. The average molecular weight is 269 g/mol. The Morgan fingerprint density at radius 3 is 2.61 bits per heavy atom. The molecule has 0 aromatic heterocycles. The topological polar surface area (TPSA) is 30.5 Å². The van der Waals surface area contributed by atoms with Crippen LogP contribution >= 0.6 is 11.8 Å². The first-order valence-corrected chi connectivity index (χ1v) is 7.41. The molecule has 0 bridgehead atoms. The first-order chi connectivity index (χ1) is 8.67. The minimum absolute atomic E-state index is 0.0331. The molecule has 1 aromatic rings. The minimum Gasteiger partial charge on any atom is -0.486 e. The summed E-state index contributed by atoms with van der Waals surface area (Å²) in [5.74, 6) is 0.928. The van der Waals surface area contributed by atoms with Crippen LogP contribution in [0.2, 0.25) is 0 Å². The molecule has 0 saturated heterocycles. The van der Waals surface area contributed by atoms with E-state index < -0.39 is 0 Å². The van der Waals surface area contributed by atoms with Gasteiger partial charge in [-0.25, -0.2) is 0 Å². The van der Waals surface area contributed by atoms with E-state index in [1.165, 1.54) is 0 Å². The number of para-hydroxylation sites is 1. The molecule has 0 spiro atoms. The molecule has 0 heterocycles. The highest BCUT2D eigenvalue weighted by atomic mass is 32.2. The number of hydrogen-bond donors (Lipinski definition) is 1. The summed E-state index contributed by atoms with van der Waals surface area (Å²) in [4.78, 5) is 1.16. The van der Waals surface area contributed by atoms with Gasteiger partial charge in [0.05, 0.1) is 6.61 Å². The summed E-state index contributed by atoms with van der Waals surface area (Å²) in [7, 11) is 1.70. The SMILES string of the molecule is COCC(CNC(C)C)Oc1ccccc1SC. The second-order valence-corrected chi connectivity index (χ2v) is 5.26. The highest BCUT2D eigenvalue weighted by Gasteiger charge is 2.12. The highest BCUT2D eigenvalue weighted by molar-refractivity contribution is 7.98. The Morgan fingerprint density at radius 2 is 2.00 bits per heavy atom. The van der Waals surface area contributed by atoms with Gasteiger partial charge in [-0.05, 0) is 18.4 Å². The van der Waals surface area contributed by atoms with E-state index in [4.69, 9.17) is 9.47 Å². The van der Waals surface area contributed by atoms with Crippen LogP contribution in [0.25, 0.3) is 0 Å². The van der Waals surface area contributed by atoms with Crippen molar-refractivity contribution in [2.75, 3.05) is 26.5 Å². The van der Waals surface area contributed by atoms with E-state index in [0.29, 0.717) is 12.6 Å². The third-order valence-electron chi connectivity index (χ3n) is 2.47. The molecule has 0 fully saturated rings. The lowest BCUT2D eigenvalue weighted by molar-refractivity contribution is 0.0776. The number of ether oxygens (including phenoxy) is 2. The smallest absolute Gasteiger partial charge is 0.134 e. The van der Waals surface area contributed by atoms with E-state index in [1.807, 2.05) is 18.2 Å². The third kappa shape index (κ3) is 5.29. The molecule has 0 aliphatic rings. The van der Waals surface area contributed by atoms with Crippen LogP contribution in [0.1, 0.15) is 13.8 Å². The van der Waals surface area contributed by atoms with Gasteiger partial charge in [0, 0.05) is 24.6 Å². The van der Waals surface area contributed by atoms with E-state index in [9.17, 15) is 0 Å². The maximum Gasteiger partial charge on any atom is 0.134 e. The van der Waals surface area contributed by atoms with Crippen LogP contribution in [-0.2, 0) is 4.74 Å². The van der Waals surface area contributed by atoms with E-state index in [0.717, 1.165) is 17.2 Å². The van der Waals surface area contributed by atoms with Crippen molar-refractivity contribution in [3.05, 3.63) is 24.3 Å². The van der Waals surface area contributed by atoms with Crippen molar-refractivity contribution in [1.82, 2.24) is 5.32 Å². The number of thioether (sulfide) groups is 1. The van der Waals surface area contributed by atoms with Gasteiger partial charge in [0.25, 0.3) is 0 Å². The zero-order valence-corrected chi connectivity index (χ0v) is 12.4. The van der Waals surface area contributed by atoms with Gasteiger partial charge in [0.1, 0.15) is 11.9 Å². The van der Waals surface area contributed by atoms with Gasteiger partial charge in [-0.1, -0.05) is 26.0 Å². The van der Waals surface area contributed by atoms with E-state index >= 15 is 0 Å². The molecule has 0 saturated carbocycles. The van der Waals surface area contributed by atoms with Crippen molar-refractivity contribution in [1.29, 1.82) is 0 Å². The van der Waals surface area contributed by atoms with Crippen molar-refractivity contribution >= 4 is 11.8 Å². The third-order valence-corrected chi connectivity index (χ3v) is 3.25. The van der Waals surface area contributed by atoms with Crippen molar-refractivity contribution in [3.63, 3.8) is 0 Å². The van der Waals surface area contributed by atoms with Crippen LogP contribution < -0.4 is 10.1 Å². The van der Waals surface area contributed by atoms with Gasteiger partial charge >= 0.3 is 0 Å². The Bertz CT molecular complexity index is 344. The summed E-state index contributed by atoms with van der Waals surface area (Å²) >= 11 is 1.69. The normalized spacial score (nSPS) is 12.7. The van der Waals surface area contributed by atoms with Gasteiger partial charge < -0.3 is 14.8 Å². The standard InChI is InChI=1S/C14H23NO2S/c1-11(2)15-9-12(10-16-3)17-13-7-5-6-8-14(13)18-4/h5-8,11-12,15H,9-10H2,1-4H3. The molecule has 1 N–H and O–H groups in total. The monoisotopic (exact) mass is 269 g/mol. The van der Waals surface area contributed by atoms with Crippen molar-refractivity contribution in [3.8, 4) is 5.75 Å². The summed E-state index contributed by atoms with van der Waals surface area (Å²) in [5.41, 5.74) is 0. The zero-order chi connectivity index (χ0) is 13.4. The lowest BCUT2D eigenvalue weighted by Gasteiger charge is -2.21. The molecule has 0 radical (unpaired) electrons. The zero-order valence-electron chi connectivity index (χ0n) is 11.6. The summed E-state index contributed by atoms with van der Waals surface area (Å²) in [6, 6.07) is 8.54. The minimum atomic E-state index is 0.0331. The van der Waals surface area contributed by atoms with Crippen molar-refractivity contribution < 1.29 is 9.47 Å². The Morgan fingerprint density at radius 1 is 1.28 bits per heavy atom. The molecule has 1 aromatic carbocycles. The average Bonchev–Trinajstić information content (AvgIpc) is 2.37. The summed E-state index contributed by atoms with van der Waals surface area (Å²) in [6.45, 7) is 5.62. The van der Waals surface area contributed by atoms with Gasteiger partial charge in [-0.15, -0.1) is 11.8 Å². The van der Waals surface area contributed by atoms with E-state index in [-0.39, 0.29) is 6.10 Å². The molecule has 1 rings (SSSR count). The molecule has 4 heteroatoms. The predicted molar refractivity (Wildman–Crippen MR) is 77.7 cm³/mol. The number of methoxy groups -OCH3 is 1. The molecule has 102 valence electrons. The van der Waals surface area contributed by atoms with Gasteiger partial charge in [-0.2, -0.15) is 0 Å². The first kappa shape index (κ1) is 15.3. The largest absolute Gasteiger partial charge is 0.486 e. The molecule has 0 amide bonds. The molecular weight excluding hydrogens is 246 g/mol. The number of rotatable bonds is 8. The first-order valence-electron chi connectivity index (χ1n) is 6.19. The second kappa shape index (κ2) is 8.40. The molecule has 0 aliphatic carbocycles. The molecule has 3 nitrogen and oxygen atoms in total. The van der Waals surface area contributed by atoms with E-state index in [1.54, 1.807) is 18.9 Å². The number of hydrogen-bond acceptors (Lipinski definition) is 4. The Labute approximate surface area is 114 Å². The summed E-state index contributed by atoms with van der Waals surface area (Å²) in [6.07, 6.45) is 2.09. The van der Waals surface area contributed by atoms with Gasteiger partial charge in [-0.3, -0.25) is 0 Å². The predicted octanol–water partition coefficient (Wildman–Crippen LogP) is 2.80. The molecule has 0 aliphatic heterocycles. The molecule has 18 heavy (non-hydrogen) atoms. The summed E-state index contributed by atoms with van der Waals surface area (Å²) < 4.78 is 11.2. The highest BCUT2D eigenvalue weighted by Crippen LogP contribution is 2.27. The molecule has 1 unspecified atom stereocenters. The number of benzene rings is 1. The lowest BCUT2D eigenvalue weighted by Crippen LogP contribution is -2.38. The van der Waals surface area contributed by atoms with Gasteiger partial charge in [0.2, 0.25) is 0 Å². The van der Waals surface area contributed by atoms with Crippen LogP contribution in [0.4, 0.5) is 0 Å². The van der Waals surface area contributed by atoms with Crippen LogP contribution in [-0.4, -0.2) is 38.7 Å². The van der Waals surface area contributed by atoms with Gasteiger partial charge in [0.15, 0.2) is 0 Å². The molecular formula is C14H23NO2S. The van der Waals surface area contributed by atoms with Crippen LogP contribution in [0, 0.1) is 0 Å². The fraction of sp³-hybridized carbons (Fsp3) is 0.571. The number of nitrogens with one attached hydrogen (secondary N) is 1. The summed E-state index contributed by atoms with van der Waals surface area (Å²) in [5, 5.41) is 3.38.